The molecule has 1 fully saturated rings. The molecule has 2 unspecified atom stereocenters. The Labute approximate surface area is 125 Å². The molecule has 0 spiro atoms. The Morgan fingerprint density at radius 1 is 1.24 bits per heavy atom. The van der Waals surface area contributed by atoms with Gasteiger partial charge >= 0.3 is 0 Å². The predicted molar refractivity (Wildman–Crippen MR) is 84.3 cm³/mol. The molecule has 0 aromatic heterocycles. The van der Waals surface area contributed by atoms with E-state index >= 15 is 0 Å². The second-order valence-electron chi connectivity index (χ2n) is 5.59. The number of nitrogens with two attached hydrogens (primary N) is 1. The summed E-state index contributed by atoms with van der Waals surface area (Å²) in [6, 6.07) is 7.88. The highest BCUT2D eigenvalue weighted by Crippen LogP contribution is 2.26. The van der Waals surface area contributed by atoms with Crippen LogP contribution < -0.4 is 16.4 Å². The molecule has 21 heavy (non-hydrogen) atoms. The number of benzene rings is 1. The molecular formula is C16H25N3O2. The van der Waals surface area contributed by atoms with Gasteiger partial charge in [0.25, 0.3) is 5.91 Å². The van der Waals surface area contributed by atoms with Crippen molar-refractivity contribution in [3.63, 3.8) is 0 Å². The molecule has 5 nitrogen and oxygen atoms in total. The van der Waals surface area contributed by atoms with E-state index in [1.54, 1.807) is 12.1 Å². The molecule has 5 N–H and O–H groups in total. The summed E-state index contributed by atoms with van der Waals surface area (Å²) in [5, 5.41) is 14.9. The smallest absolute Gasteiger partial charge is 0.251 e. The van der Waals surface area contributed by atoms with E-state index in [1.165, 1.54) is 19.3 Å². The molecule has 0 radical (unpaired) electrons. The molecule has 1 aromatic carbocycles. The topological polar surface area (TPSA) is 87.4 Å². The minimum absolute atomic E-state index is 0.0481. The van der Waals surface area contributed by atoms with Crippen molar-refractivity contribution in [2.75, 3.05) is 25.0 Å². The SMILES string of the molecule is NCC1CCCCC1Nc1ccc(C(=O)NCCO)cc1. The number of rotatable bonds is 6. The van der Waals surface area contributed by atoms with Crippen molar-refractivity contribution in [2.24, 2.45) is 11.7 Å². The fourth-order valence-corrected chi connectivity index (χ4v) is 2.88. The summed E-state index contributed by atoms with van der Waals surface area (Å²) < 4.78 is 0. The number of amides is 1. The van der Waals surface area contributed by atoms with Crippen LogP contribution in [0.1, 0.15) is 36.0 Å². The first-order valence-electron chi connectivity index (χ1n) is 7.70. The summed E-state index contributed by atoms with van der Waals surface area (Å²) in [5.41, 5.74) is 7.48. The monoisotopic (exact) mass is 291 g/mol. The lowest BCUT2D eigenvalue weighted by molar-refractivity contribution is 0.0945. The van der Waals surface area contributed by atoms with Gasteiger partial charge < -0.3 is 21.5 Å². The highest BCUT2D eigenvalue weighted by Gasteiger charge is 2.23. The van der Waals surface area contributed by atoms with Crippen molar-refractivity contribution in [3.8, 4) is 0 Å². The molecule has 1 aliphatic rings. The van der Waals surface area contributed by atoms with Crippen LogP contribution in [0.2, 0.25) is 0 Å². The number of anilines is 1. The van der Waals surface area contributed by atoms with Gasteiger partial charge in [0.05, 0.1) is 6.61 Å². The number of hydrogen-bond donors (Lipinski definition) is 4. The van der Waals surface area contributed by atoms with E-state index in [9.17, 15) is 4.79 Å². The molecule has 0 aliphatic heterocycles. The summed E-state index contributed by atoms with van der Waals surface area (Å²) in [5.74, 6) is 0.374. The first-order chi connectivity index (χ1) is 10.2. The van der Waals surface area contributed by atoms with E-state index in [4.69, 9.17) is 10.8 Å². The van der Waals surface area contributed by atoms with E-state index in [0.717, 1.165) is 18.7 Å². The molecule has 2 rings (SSSR count). The van der Waals surface area contributed by atoms with Crippen LogP contribution >= 0.6 is 0 Å². The largest absolute Gasteiger partial charge is 0.395 e. The van der Waals surface area contributed by atoms with Crippen LogP contribution in [0.4, 0.5) is 5.69 Å². The van der Waals surface area contributed by atoms with Crippen LogP contribution in [0.25, 0.3) is 0 Å². The maximum Gasteiger partial charge on any atom is 0.251 e. The highest BCUT2D eigenvalue weighted by atomic mass is 16.3. The molecule has 5 heteroatoms. The van der Waals surface area contributed by atoms with Crippen molar-refractivity contribution < 1.29 is 9.90 Å². The average molecular weight is 291 g/mol. The van der Waals surface area contributed by atoms with Crippen molar-refractivity contribution in [3.05, 3.63) is 29.8 Å². The second-order valence-corrected chi connectivity index (χ2v) is 5.59. The summed E-state index contributed by atoms with van der Waals surface area (Å²) in [6.07, 6.45) is 4.86. The van der Waals surface area contributed by atoms with Gasteiger partial charge in [0.1, 0.15) is 0 Å². The van der Waals surface area contributed by atoms with Crippen LogP contribution in [0.5, 0.6) is 0 Å². The third-order valence-electron chi connectivity index (χ3n) is 4.11. The van der Waals surface area contributed by atoms with Gasteiger partial charge in [0.15, 0.2) is 0 Å². The number of hydrogen-bond acceptors (Lipinski definition) is 4. The molecule has 1 saturated carbocycles. The minimum atomic E-state index is -0.159. The first-order valence-corrected chi connectivity index (χ1v) is 7.70. The number of nitrogens with one attached hydrogen (secondary N) is 2. The minimum Gasteiger partial charge on any atom is -0.395 e. The Morgan fingerprint density at radius 3 is 2.62 bits per heavy atom. The van der Waals surface area contributed by atoms with E-state index in [-0.39, 0.29) is 19.1 Å². The van der Waals surface area contributed by atoms with E-state index in [1.807, 2.05) is 12.1 Å². The van der Waals surface area contributed by atoms with Gasteiger partial charge in [0, 0.05) is 23.8 Å². The predicted octanol–water partition coefficient (Wildman–Crippen LogP) is 1.34. The quantitative estimate of drug-likeness (QED) is 0.637. The van der Waals surface area contributed by atoms with Crippen molar-refractivity contribution in [1.29, 1.82) is 0 Å². The maximum absolute atomic E-state index is 11.7. The molecule has 116 valence electrons. The third-order valence-corrected chi connectivity index (χ3v) is 4.11. The van der Waals surface area contributed by atoms with Gasteiger partial charge in [-0.05, 0) is 49.6 Å². The van der Waals surface area contributed by atoms with Crippen LogP contribution in [-0.4, -0.2) is 36.8 Å². The zero-order valence-electron chi connectivity index (χ0n) is 12.3. The Kier molecular flexibility index (Phi) is 6.02. The van der Waals surface area contributed by atoms with Crippen molar-refractivity contribution in [2.45, 2.75) is 31.7 Å². The van der Waals surface area contributed by atoms with Gasteiger partial charge in [-0.15, -0.1) is 0 Å². The molecule has 0 saturated heterocycles. The van der Waals surface area contributed by atoms with Gasteiger partial charge in [-0.3, -0.25) is 4.79 Å². The Balaban J connectivity index is 1.94. The summed E-state index contributed by atoms with van der Waals surface area (Å²) in [7, 11) is 0. The number of carbonyl (C=O) groups is 1. The molecule has 0 bridgehead atoms. The van der Waals surface area contributed by atoms with Crippen molar-refractivity contribution in [1.82, 2.24) is 5.32 Å². The van der Waals surface area contributed by atoms with Crippen LogP contribution in [0.15, 0.2) is 24.3 Å². The molecule has 1 aromatic rings. The highest BCUT2D eigenvalue weighted by molar-refractivity contribution is 5.94. The van der Waals surface area contributed by atoms with Crippen molar-refractivity contribution >= 4 is 11.6 Å². The van der Waals surface area contributed by atoms with Gasteiger partial charge in [-0.2, -0.15) is 0 Å². The number of aliphatic hydroxyl groups excluding tert-OH is 1. The summed E-state index contributed by atoms with van der Waals surface area (Å²) in [4.78, 5) is 11.7. The van der Waals surface area contributed by atoms with E-state index < -0.39 is 0 Å². The Hall–Kier alpha value is -1.59. The molecule has 1 aliphatic carbocycles. The lowest BCUT2D eigenvalue weighted by Gasteiger charge is -2.32. The van der Waals surface area contributed by atoms with E-state index in [2.05, 4.69) is 10.6 Å². The zero-order chi connectivity index (χ0) is 15.1. The van der Waals surface area contributed by atoms with Crippen LogP contribution in [-0.2, 0) is 0 Å². The standard InChI is InChI=1S/C16H25N3O2/c17-11-13-3-1-2-4-15(13)19-14-7-5-12(6-8-14)16(21)18-9-10-20/h5-8,13,15,19-20H,1-4,9-11,17H2,(H,18,21). The summed E-state index contributed by atoms with van der Waals surface area (Å²) in [6.45, 7) is 0.950. The third kappa shape index (κ3) is 4.44. The fourth-order valence-electron chi connectivity index (χ4n) is 2.88. The molecule has 0 heterocycles. The lowest BCUT2D eigenvalue weighted by Crippen LogP contribution is -2.36. The molecular weight excluding hydrogens is 266 g/mol. The van der Waals surface area contributed by atoms with Gasteiger partial charge in [-0.1, -0.05) is 12.8 Å². The zero-order valence-corrected chi connectivity index (χ0v) is 12.3. The van der Waals surface area contributed by atoms with Crippen LogP contribution in [0.3, 0.4) is 0 Å². The van der Waals surface area contributed by atoms with Crippen LogP contribution in [0, 0.1) is 5.92 Å². The number of aliphatic hydroxyl groups is 1. The van der Waals surface area contributed by atoms with E-state index in [0.29, 0.717) is 17.5 Å². The number of carbonyl (C=O) groups excluding carboxylic acids is 1. The average Bonchev–Trinajstić information content (AvgIpc) is 2.54. The normalized spacial score (nSPS) is 21.8. The molecule has 1 amide bonds. The van der Waals surface area contributed by atoms with Gasteiger partial charge in [-0.25, -0.2) is 0 Å². The maximum atomic E-state index is 11.7. The lowest BCUT2D eigenvalue weighted by atomic mass is 9.84. The summed E-state index contributed by atoms with van der Waals surface area (Å²) >= 11 is 0. The first kappa shape index (κ1) is 15.8. The Bertz CT molecular complexity index is 447. The second kappa shape index (κ2) is 8.00. The Morgan fingerprint density at radius 2 is 1.95 bits per heavy atom. The molecule has 2 atom stereocenters. The fraction of sp³-hybridized carbons (Fsp3) is 0.562. The van der Waals surface area contributed by atoms with Gasteiger partial charge in [0.2, 0.25) is 0 Å².